The standard InChI is InChI=1S/C17H28N2O/c1-3-20-14-17-7-5-4-6-16(17)13-18-12-15-8-10-19(2)11-9-15/h4-7,15,18H,3,8-14H2,1-2H3. The van der Waals surface area contributed by atoms with Crippen molar-refractivity contribution in [2.24, 2.45) is 5.92 Å². The normalized spacial score (nSPS) is 17.5. The van der Waals surface area contributed by atoms with Gasteiger partial charge in [-0.15, -0.1) is 0 Å². The number of rotatable bonds is 7. The van der Waals surface area contributed by atoms with Crippen LogP contribution in [0, 0.1) is 5.92 Å². The van der Waals surface area contributed by atoms with Crippen LogP contribution in [0.15, 0.2) is 24.3 Å². The summed E-state index contributed by atoms with van der Waals surface area (Å²) >= 11 is 0. The second-order valence-corrected chi connectivity index (χ2v) is 5.78. The Kier molecular flexibility index (Phi) is 6.51. The lowest BCUT2D eigenvalue weighted by Gasteiger charge is -2.29. The van der Waals surface area contributed by atoms with E-state index in [4.69, 9.17) is 4.74 Å². The summed E-state index contributed by atoms with van der Waals surface area (Å²) in [6.45, 7) is 8.12. The van der Waals surface area contributed by atoms with Gasteiger partial charge in [-0.1, -0.05) is 24.3 Å². The van der Waals surface area contributed by atoms with Crippen LogP contribution in [0.5, 0.6) is 0 Å². The van der Waals surface area contributed by atoms with Gasteiger partial charge in [0.15, 0.2) is 0 Å². The average molecular weight is 276 g/mol. The molecule has 1 fully saturated rings. The minimum atomic E-state index is 0.725. The third-order valence-electron chi connectivity index (χ3n) is 4.17. The molecule has 0 unspecified atom stereocenters. The number of hydrogen-bond donors (Lipinski definition) is 1. The van der Waals surface area contributed by atoms with Gasteiger partial charge in [0.2, 0.25) is 0 Å². The Morgan fingerprint density at radius 2 is 1.90 bits per heavy atom. The topological polar surface area (TPSA) is 24.5 Å². The maximum absolute atomic E-state index is 5.54. The van der Waals surface area contributed by atoms with E-state index < -0.39 is 0 Å². The Labute approximate surface area is 123 Å². The third-order valence-corrected chi connectivity index (χ3v) is 4.17. The molecule has 20 heavy (non-hydrogen) atoms. The van der Waals surface area contributed by atoms with Crippen molar-refractivity contribution in [1.29, 1.82) is 0 Å². The van der Waals surface area contributed by atoms with Crippen molar-refractivity contribution in [3.63, 3.8) is 0 Å². The lowest BCUT2D eigenvalue weighted by molar-refractivity contribution is 0.133. The van der Waals surface area contributed by atoms with Crippen molar-refractivity contribution in [2.45, 2.75) is 32.9 Å². The summed E-state index contributed by atoms with van der Waals surface area (Å²) in [4.78, 5) is 2.42. The van der Waals surface area contributed by atoms with Crippen LogP contribution in [-0.4, -0.2) is 38.2 Å². The quantitative estimate of drug-likeness (QED) is 0.828. The van der Waals surface area contributed by atoms with Crippen molar-refractivity contribution in [1.82, 2.24) is 10.2 Å². The molecule has 0 saturated carbocycles. The minimum absolute atomic E-state index is 0.725. The van der Waals surface area contributed by atoms with Crippen LogP contribution in [0.1, 0.15) is 30.9 Å². The van der Waals surface area contributed by atoms with E-state index in [0.29, 0.717) is 0 Å². The third kappa shape index (κ3) is 4.89. The fraction of sp³-hybridized carbons (Fsp3) is 0.647. The van der Waals surface area contributed by atoms with Gasteiger partial charge < -0.3 is 15.0 Å². The van der Waals surface area contributed by atoms with Crippen molar-refractivity contribution in [3.8, 4) is 0 Å². The van der Waals surface area contributed by atoms with E-state index in [2.05, 4.69) is 41.5 Å². The molecule has 112 valence electrons. The predicted octanol–water partition coefficient (Wildman–Crippen LogP) is 2.65. The van der Waals surface area contributed by atoms with Crippen LogP contribution in [0.4, 0.5) is 0 Å². The molecule has 1 aliphatic rings. The van der Waals surface area contributed by atoms with Crippen LogP contribution in [0.2, 0.25) is 0 Å². The number of nitrogens with zero attached hydrogens (tertiary/aromatic N) is 1. The second-order valence-electron chi connectivity index (χ2n) is 5.78. The molecule has 1 heterocycles. The SMILES string of the molecule is CCOCc1ccccc1CNCC1CCN(C)CC1. The van der Waals surface area contributed by atoms with Gasteiger partial charge in [0.1, 0.15) is 0 Å². The predicted molar refractivity (Wildman–Crippen MR) is 83.7 cm³/mol. The maximum Gasteiger partial charge on any atom is 0.0719 e. The van der Waals surface area contributed by atoms with Crippen molar-refractivity contribution >= 4 is 0 Å². The summed E-state index contributed by atoms with van der Waals surface area (Å²) in [5.74, 6) is 0.838. The monoisotopic (exact) mass is 276 g/mol. The van der Waals surface area contributed by atoms with E-state index in [-0.39, 0.29) is 0 Å². The molecule has 1 saturated heterocycles. The van der Waals surface area contributed by atoms with Gasteiger partial charge in [0.05, 0.1) is 6.61 Å². The Bertz CT molecular complexity index is 386. The highest BCUT2D eigenvalue weighted by molar-refractivity contribution is 5.26. The van der Waals surface area contributed by atoms with Gasteiger partial charge >= 0.3 is 0 Å². The molecule has 0 radical (unpaired) electrons. The number of ether oxygens (including phenoxy) is 1. The van der Waals surface area contributed by atoms with Crippen molar-refractivity contribution < 1.29 is 4.74 Å². The molecule has 0 spiro atoms. The van der Waals surface area contributed by atoms with E-state index in [0.717, 1.165) is 32.2 Å². The van der Waals surface area contributed by atoms with Crippen molar-refractivity contribution in [3.05, 3.63) is 35.4 Å². The van der Waals surface area contributed by atoms with Crippen molar-refractivity contribution in [2.75, 3.05) is 33.3 Å². The largest absolute Gasteiger partial charge is 0.377 e. The van der Waals surface area contributed by atoms with E-state index in [1.807, 2.05) is 6.92 Å². The van der Waals surface area contributed by atoms with E-state index in [9.17, 15) is 0 Å². The van der Waals surface area contributed by atoms with E-state index in [1.54, 1.807) is 0 Å². The number of hydrogen-bond acceptors (Lipinski definition) is 3. The summed E-state index contributed by atoms with van der Waals surface area (Å²) in [5.41, 5.74) is 2.68. The van der Waals surface area contributed by atoms with Crippen LogP contribution in [0.25, 0.3) is 0 Å². The summed E-state index contributed by atoms with van der Waals surface area (Å²) in [6.07, 6.45) is 2.65. The van der Waals surface area contributed by atoms with Crippen LogP contribution < -0.4 is 5.32 Å². The second kappa shape index (κ2) is 8.40. The molecule has 3 heteroatoms. The lowest BCUT2D eigenvalue weighted by atomic mass is 9.97. The zero-order valence-electron chi connectivity index (χ0n) is 12.9. The first kappa shape index (κ1) is 15.5. The molecule has 3 nitrogen and oxygen atoms in total. The molecule has 2 rings (SSSR count). The first-order valence-electron chi connectivity index (χ1n) is 7.83. The molecule has 1 aromatic carbocycles. The summed E-state index contributed by atoms with van der Waals surface area (Å²) in [6, 6.07) is 8.58. The summed E-state index contributed by atoms with van der Waals surface area (Å²) < 4.78 is 5.54. The van der Waals surface area contributed by atoms with Crippen LogP contribution >= 0.6 is 0 Å². The highest BCUT2D eigenvalue weighted by atomic mass is 16.5. The molecule has 0 bridgehead atoms. The fourth-order valence-electron chi connectivity index (χ4n) is 2.76. The molecule has 1 aromatic rings. The Balaban J connectivity index is 1.76. The van der Waals surface area contributed by atoms with E-state index in [1.165, 1.54) is 37.1 Å². The highest BCUT2D eigenvalue weighted by Gasteiger charge is 2.16. The highest BCUT2D eigenvalue weighted by Crippen LogP contribution is 2.15. The zero-order chi connectivity index (χ0) is 14.2. The summed E-state index contributed by atoms with van der Waals surface area (Å²) in [5, 5.41) is 3.63. The van der Waals surface area contributed by atoms with E-state index >= 15 is 0 Å². The smallest absolute Gasteiger partial charge is 0.0719 e. The summed E-state index contributed by atoms with van der Waals surface area (Å²) in [7, 11) is 2.22. The van der Waals surface area contributed by atoms with Gasteiger partial charge in [-0.3, -0.25) is 0 Å². The Hall–Kier alpha value is -0.900. The zero-order valence-corrected chi connectivity index (χ0v) is 12.9. The van der Waals surface area contributed by atoms with Gasteiger partial charge in [-0.05, 0) is 63.5 Å². The van der Waals surface area contributed by atoms with Gasteiger partial charge in [0, 0.05) is 13.2 Å². The number of piperidine rings is 1. The molecular weight excluding hydrogens is 248 g/mol. The first-order valence-corrected chi connectivity index (χ1v) is 7.83. The maximum atomic E-state index is 5.54. The minimum Gasteiger partial charge on any atom is -0.377 e. The molecular formula is C17H28N2O. The molecule has 0 aliphatic carbocycles. The fourth-order valence-corrected chi connectivity index (χ4v) is 2.76. The van der Waals surface area contributed by atoms with Crippen LogP contribution in [-0.2, 0) is 17.9 Å². The number of benzene rings is 1. The molecule has 0 atom stereocenters. The van der Waals surface area contributed by atoms with Gasteiger partial charge in [-0.2, -0.15) is 0 Å². The number of likely N-dealkylation sites (tertiary alicyclic amines) is 1. The Morgan fingerprint density at radius 1 is 1.20 bits per heavy atom. The molecule has 0 amide bonds. The lowest BCUT2D eigenvalue weighted by Crippen LogP contribution is -2.34. The van der Waals surface area contributed by atoms with Gasteiger partial charge in [-0.25, -0.2) is 0 Å². The van der Waals surface area contributed by atoms with Gasteiger partial charge in [0.25, 0.3) is 0 Å². The average Bonchev–Trinajstić information content (AvgIpc) is 2.48. The molecule has 1 N–H and O–H groups in total. The molecule has 0 aromatic heterocycles. The number of nitrogens with one attached hydrogen (secondary N) is 1. The first-order chi connectivity index (χ1) is 9.79. The molecule has 1 aliphatic heterocycles. The Morgan fingerprint density at radius 3 is 2.60 bits per heavy atom. The van der Waals surface area contributed by atoms with Crippen LogP contribution in [0.3, 0.4) is 0 Å².